The quantitative estimate of drug-likeness (QED) is 0.239. The first-order valence-electron chi connectivity index (χ1n) is 12.5. The smallest absolute Gasteiger partial charge is 0.414 e. The van der Waals surface area contributed by atoms with E-state index in [1.54, 1.807) is 59.4 Å². The maximum atomic E-state index is 12.6. The molecule has 0 spiro atoms. The molecule has 2 saturated heterocycles. The number of hydrogen-bond acceptors (Lipinski definition) is 9. The molecule has 0 saturated carbocycles. The number of amidine groups is 1. The first-order chi connectivity index (χ1) is 18.3. The van der Waals surface area contributed by atoms with Gasteiger partial charge < -0.3 is 19.9 Å². The molecule has 2 aromatic rings. The van der Waals surface area contributed by atoms with Crippen LogP contribution in [0.4, 0.5) is 16.2 Å². The highest BCUT2D eigenvalue weighted by atomic mass is 16.6. The number of pyridine rings is 1. The molecule has 12 nitrogen and oxygen atoms in total. The van der Waals surface area contributed by atoms with Crippen LogP contribution in [0.25, 0.3) is 0 Å². The van der Waals surface area contributed by atoms with Crippen LogP contribution in [-0.4, -0.2) is 102 Å². The minimum atomic E-state index is -1.04. The van der Waals surface area contributed by atoms with Crippen LogP contribution < -0.4 is 10.2 Å². The van der Waals surface area contributed by atoms with Gasteiger partial charge in [0.25, 0.3) is 0 Å². The molecule has 1 aromatic heterocycles. The molecule has 1 amide bonds. The summed E-state index contributed by atoms with van der Waals surface area (Å²) >= 11 is 0. The van der Waals surface area contributed by atoms with Gasteiger partial charge in [-0.15, -0.1) is 0 Å². The predicted octanol–water partition coefficient (Wildman–Crippen LogP) is 1.87. The van der Waals surface area contributed by atoms with Gasteiger partial charge >= 0.3 is 18.0 Å². The number of ether oxygens (including phenoxy) is 2. The van der Waals surface area contributed by atoms with E-state index in [0.29, 0.717) is 56.2 Å². The summed E-state index contributed by atoms with van der Waals surface area (Å²) in [5.74, 6) is -1.34. The SMILES string of the molecule is CCOC(=O)CC(C(=O)O)N1CCN(CC2CN(c3ccc(C(=N)Nc4cccnc4)cc3)C(=O)O2)CC1. The van der Waals surface area contributed by atoms with Crippen LogP contribution in [0.15, 0.2) is 48.8 Å². The number of aliphatic carboxylic acids is 1. The summed E-state index contributed by atoms with van der Waals surface area (Å²) in [7, 11) is 0. The molecule has 2 aliphatic rings. The predicted molar refractivity (Wildman–Crippen MR) is 139 cm³/mol. The number of hydrogen-bond donors (Lipinski definition) is 3. The van der Waals surface area contributed by atoms with Gasteiger partial charge in [-0.25, -0.2) is 4.79 Å². The van der Waals surface area contributed by atoms with E-state index < -0.39 is 24.1 Å². The Balaban J connectivity index is 1.27. The van der Waals surface area contributed by atoms with Crippen molar-refractivity contribution in [3.05, 3.63) is 54.4 Å². The van der Waals surface area contributed by atoms with Crippen molar-refractivity contribution in [1.29, 1.82) is 5.41 Å². The Hall–Kier alpha value is -4.03. The van der Waals surface area contributed by atoms with E-state index >= 15 is 0 Å². The molecule has 2 atom stereocenters. The maximum absolute atomic E-state index is 12.6. The molecule has 2 aliphatic heterocycles. The normalized spacial score (nSPS) is 19.0. The number of esters is 1. The van der Waals surface area contributed by atoms with E-state index in [9.17, 15) is 19.5 Å². The molecule has 0 aliphatic carbocycles. The summed E-state index contributed by atoms with van der Waals surface area (Å²) in [6.45, 7) is 5.00. The Morgan fingerprint density at radius 3 is 2.58 bits per heavy atom. The van der Waals surface area contributed by atoms with E-state index in [1.165, 1.54) is 0 Å². The van der Waals surface area contributed by atoms with Crippen LogP contribution in [0.1, 0.15) is 18.9 Å². The van der Waals surface area contributed by atoms with E-state index in [0.717, 1.165) is 0 Å². The highest BCUT2D eigenvalue weighted by Crippen LogP contribution is 2.23. The fourth-order valence-corrected chi connectivity index (χ4v) is 4.58. The standard InChI is InChI=1S/C26H32N6O6/c1-2-37-23(33)14-22(25(34)35)31-12-10-30(11-13-31)16-21-17-32(26(36)38-21)20-7-5-18(6-8-20)24(27)29-19-4-3-9-28-15-19/h3-9,15,21-22H,2,10-14,16-17H2,1H3,(H2,27,29)(H,34,35). The van der Waals surface area contributed by atoms with Gasteiger partial charge in [0, 0.05) is 50.2 Å². The Morgan fingerprint density at radius 1 is 1.21 bits per heavy atom. The number of anilines is 2. The van der Waals surface area contributed by atoms with E-state index in [-0.39, 0.29) is 25.0 Å². The van der Waals surface area contributed by atoms with Gasteiger partial charge in [0.2, 0.25) is 0 Å². The van der Waals surface area contributed by atoms with E-state index in [2.05, 4.69) is 15.2 Å². The third-order valence-electron chi connectivity index (χ3n) is 6.53. The van der Waals surface area contributed by atoms with Gasteiger partial charge in [-0.2, -0.15) is 0 Å². The fraction of sp³-hybridized carbons (Fsp3) is 0.423. The van der Waals surface area contributed by atoms with Crippen LogP contribution in [0.2, 0.25) is 0 Å². The second-order valence-corrected chi connectivity index (χ2v) is 9.10. The molecule has 1 aromatic carbocycles. The highest BCUT2D eigenvalue weighted by Gasteiger charge is 2.36. The van der Waals surface area contributed by atoms with Gasteiger partial charge in [-0.3, -0.25) is 34.7 Å². The molecule has 2 fully saturated rings. The molecule has 4 rings (SSSR count). The Labute approximate surface area is 220 Å². The average Bonchev–Trinajstić information content (AvgIpc) is 3.28. The third kappa shape index (κ3) is 6.84. The van der Waals surface area contributed by atoms with Crippen LogP contribution in [-0.2, 0) is 19.1 Å². The number of amides is 1. The number of nitrogens with zero attached hydrogens (tertiary/aromatic N) is 4. The Kier molecular flexibility index (Phi) is 8.87. The van der Waals surface area contributed by atoms with Crippen LogP contribution in [0, 0.1) is 5.41 Å². The molecule has 3 heterocycles. The third-order valence-corrected chi connectivity index (χ3v) is 6.53. The molecule has 12 heteroatoms. The summed E-state index contributed by atoms with van der Waals surface area (Å²) in [4.78, 5) is 45.6. The summed E-state index contributed by atoms with van der Waals surface area (Å²) in [6.07, 6.45) is 2.36. The zero-order valence-corrected chi connectivity index (χ0v) is 21.2. The average molecular weight is 525 g/mol. The molecule has 3 N–H and O–H groups in total. The second-order valence-electron chi connectivity index (χ2n) is 9.10. The van der Waals surface area contributed by atoms with Gasteiger partial charge in [0.15, 0.2) is 0 Å². The second kappa shape index (κ2) is 12.5. The van der Waals surface area contributed by atoms with Crippen LogP contribution in [0.3, 0.4) is 0 Å². The summed E-state index contributed by atoms with van der Waals surface area (Å²) in [5, 5.41) is 20.8. The van der Waals surface area contributed by atoms with Gasteiger partial charge in [-0.1, -0.05) is 0 Å². The van der Waals surface area contributed by atoms with Crippen molar-refractivity contribution in [2.75, 3.05) is 56.1 Å². The minimum absolute atomic E-state index is 0.184. The number of benzene rings is 1. The number of aromatic nitrogens is 1. The van der Waals surface area contributed by atoms with Crippen molar-refractivity contribution in [1.82, 2.24) is 14.8 Å². The lowest BCUT2D eigenvalue weighted by Gasteiger charge is -2.37. The molecular weight excluding hydrogens is 492 g/mol. The molecular formula is C26H32N6O6. The van der Waals surface area contributed by atoms with Gasteiger partial charge in [0.1, 0.15) is 18.0 Å². The van der Waals surface area contributed by atoms with Crippen molar-refractivity contribution in [3.8, 4) is 0 Å². The zero-order chi connectivity index (χ0) is 27.1. The van der Waals surface area contributed by atoms with Crippen LogP contribution in [0.5, 0.6) is 0 Å². The minimum Gasteiger partial charge on any atom is -0.480 e. The first-order valence-corrected chi connectivity index (χ1v) is 12.5. The van der Waals surface area contributed by atoms with Crippen molar-refractivity contribution >= 4 is 35.2 Å². The number of cyclic esters (lactones) is 1. The Morgan fingerprint density at radius 2 is 1.95 bits per heavy atom. The van der Waals surface area contributed by atoms with E-state index in [4.69, 9.17) is 14.9 Å². The lowest BCUT2D eigenvalue weighted by Crippen LogP contribution is -2.54. The summed E-state index contributed by atoms with van der Waals surface area (Å²) < 4.78 is 10.5. The number of carbonyl (C=O) groups excluding carboxylic acids is 2. The number of carboxylic acid groups (broad SMARTS) is 1. The highest BCUT2D eigenvalue weighted by molar-refractivity contribution is 6.06. The monoisotopic (exact) mass is 524 g/mol. The first kappa shape index (κ1) is 27.0. The maximum Gasteiger partial charge on any atom is 0.414 e. The molecule has 0 radical (unpaired) electrons. The van der Waals surface area contributed by atoms with Crippen molar-refractivity contribution < 1.29 is 29.0 Å². The van der Waals surface area contributed by atoms with Crippen molar-refractivity contribution in [2.24, 2.45) is 0 Å². The molecule has 0 bridgehead atoms. The van der Waals surface area contributed by atoms with E-state index in [1.807, 2.05) is 6.07 Å². The molecule has 2 unspecified atom stereocenters. The lowest BCUT2D eigenvalue weighted by atomic mass is 10.1. The topological polar surface area (TPSA) is 148 Å². The number of piperazine rings is 1. The molecule has 38 heavy (non-hydrogen) atoms. The van der Waals surface area contributed by atoms with Gasteiger partial charge in [0.05, 0.1) is 31.5 Å². The van der Waals surface area contributed by atoms with Crippen molar-refractivity contribution in [2.45, 2.75) is 25.5 Å². The number of nitrogens with one attached hydrogen (secondary N) is 2. The number of carbonyl (C=O) groups is 3. The van der Waals surface area contributed by atoms with Gasteiger partial charge in [-0.05, 0) is 43.3 Å². The summed E-state index contributed by atoms with van der Waals surface area (Å²) in [6, 6.07) is 9.81. The van der Waals surface area contributed by atoms with Crippen molar-refractivity contribution in [3.63, 3.8) is 0 Å². The van der Waals surface area contributed by atoms with Crippen LogP contribution >= 0.6 is 0 Å². The fourth-order valence-electron chi connectivity index (χ4n) is 4.58. The Bertz CT molecular complexity index is 1140. The number of rotatable bonds is 10. The zero-order valence-electron chi connectivity index (χ0n) is 21.2. The molecule has 202 valence electrons. The largest absolute Gasteiger partial charge is 0.480 e. The summed E-state index contributed by atoms with van der Waals surface area (Å²) in [5.41, 5.74) is 2.07. The number of carboxylic acids is 1. The lowest BCUT2D eigenvalue weighted by molar-refractivity contribution is -0.153.